The fourth-order valence-electron chi connectivity index (χ4n) is 2.52. The van der Waals surface area contributed by atoms with E-state index in [0.717, 1.165) is 38.4 Å². The smallest absolute Gasteiger partial charge is 0.137 e. The van der Waals surface area contributed by atoms with Gasteiger partial charge in [-0.1, -0.05) is 0 Å². The summed E-state index contributed by atoms with van der Waals surface area (Å²) in [6, 6.07) is 10.0. The van der Waals surface area contributed by atoms with Gasteiger partial charge in [-0.05, 0) is 58.7 Å². The molecule has 1 aromatic carbocycles. The van der Waals surface area contributed by atoms with Crippen LogP contribution in [-0.4, -0.2) is 16.5 Å². The average molecular weight is 346 g/mol. The van der Waals surface area contributed by atoms with Crippen molar-refractivity contribution in [1.29, 1.82) is 0 Å². The first-order valence-electron chi connectivity index (χ1n) is 6.65. The van der Waals surface area contributed by atoms with Crippen LogP contribution in [-0.2, 0) is 6.54 Å². The van der Waals surface area contributed by atoms with Crippen molar-refractivity contribution in [2.75, 3.05) is 7.11 Å². The Balaban J connectivity index is 2.22. The van der Waals surface area contributed by atoms with Gasteiger partial charge in [0.05, 0.1) is 18.5 Å². The highest BCUT2D eigenvalue weighted by molar-refractivity contribution is 9.10. The maximum Gasteiger partial charge on any atom is 0.137 e. The molecule has 0 unspecified atom stereocenters. The van der Waals surface area contributed by atoms with Crippen molar-refractivity contribution in [1.82, 2.24) is 9.38 Å². The first kappa shape index (κ1) is 14.1. The van der Waals surface area contributed by atoms with E-state index in [1.54, 1.807) is 7.11 Å². The molecule has 0 fully saturated rings. The third-order valence-electron chi connectivity index (χ3n) is 3.54. The molecule has 3 aromatic rings. The minimum absolute atomic E-state index is 0.429. The van der Waals surface area contributed by atoms with Crippen molar-refractivity contribution in [2.24, 2.45) is 5.73 Å². The van der Waals surface area contributed by atoms with Gasteiger partial charge in [0.15, 0.2) is 0 Å². The standard InChI is InChI=1S/C16H16BrN3O/c1-10-7-11(3-5-14(10)21-2)16-13(8-18)20-9-12(17)4-6-15(20)19-16/h3-7,9H,8,18H2,1-2H3. The molecule has 0 radical (unpaired) electrons. The zero-order valence-corrected chi connectivity index (χ0v) is 13.5. The normalized spacial score (nSPS) is 11.0. The Bertz CT molecular complexity index is 811. The number of aryl methyl sites for hydroxylation is 1. The molecule has 3 rings (SSSR count). The molecular formula is C16H16BrN3O. The fourth-order valence-corrected chi connectivity index (χ4v) is 2.86. The van der Waals surface area contributed by atoms with Crippen LogP contribution in [0.2, 0.25) is 0 Å². The molecule has 0 amide bonds. The second-order valence-electron chi connectivity index (χ2n) is 4.87. The molecule has 0 aliphatic heterocycles. The topological polar surface area (TPSA) is 52.5 Å². The number of imidazole rings is 1. The van der Waals surface area contributed by atoms with Gasteiger partial charge in [0.25, 0.3) is 0 Å². The lowest BCUT2D eigenvalue weighted by Crippen LogP contribution is -2.02. The van der Waals surface area contributed by atoms with Crippen LogP contribution < -0.4 is 10.5 Å². The average Bonchev–Trinajstić information content (AvgIpc) is 2.84. The molecule has 0 bridgehead atoms. The van der Waals surface area contributed by atoms with Crippen LogP contribution in [0.15, 0.2) is 41.0 Å². The largest absolute Gasteiger partial charge is 0.496 e. The summed E-state index contributed by atoms with van der Waals surface area (Å²) in [7, 11) is 1.68. The number of aromatic nitrogens is 2. The molecule has 0 atom stereocenters. The molecule has 2 N–H and O–H groups in total. The fraction of sp³-hybridized carbons (Fsp3) is 0.188. The van der Waals surface area contributed by atoms with E-state index in [-0.39, 0.29) is 0 Å². The predicted octanol–water partition coefficient (Wildman–Crippen LogP) is 3.54. The van der Waals surface area contributed by atoms with E-state index in [1.165, 1.54) is 0 Å². The zero-order valence-electron chi connectivity index (χ0n) is 11.9. The van der Waals surface area contributed by atoms with Gasteiger partial charge < -0.3 is 14.9 Å². The van der Waals surface area contributed by atoms with E-state index in [4.69, 9.17) is 15.5 Å². The summed E-state index contributed by atoms with van der Waals surface area (Å²) < 4.78 is 8.34. The van der Waals surface area contributed by atoms with E-state index in [1.807, 2.05) is 41.8 Å². The number of nitrogens with zero attached hydrogens (tertiary/aromatic N) is 2. The Morgan fingerprint density at radius 3 is 2.76 bits per heavy atom. The van der Waals surface area contributed by atoms with Crippen LogP contribution in [0, 0.1) is 6.92 Å². The molecule has 0 saturated carbocycles. The second-order valence-corrected chi connectivity index (χ2v) is 5.79. The highest BCUT2D eigenvalue weighted by Gasteiger charge is 2.14. The van der Waals surface area contributed by atoms with Gasteiger partial charge in [-0.3, -0.25) is 0 Å². The van der Waals surface area contributed by atoms with E-state index in [0.29, 0.717) is 6.54 Å². The summed E-state index contributed by atoms with van der Waals surface area (Å²) in [5.74, 6) is 0.875. The van der Waals surface area contributed by atoms with E-state index < -0.39 is 0 Å². The Morgan fingerprint density at radius 2 is 2.10 bits per heavy atom. The number of nitrogens with two attached hydrogens (primary N) is 1. The quantitative estimate of drug-likeness (QED) is 0.789. The Kier molecular flexibility index (Phi) is 3.69. The Morgan fingerprint density at radius 1 is 1.29 bits per heavy atom. The minimum atomic E-state index is 0.429. The molecule has 0 spiro atoms. The lowest BCUT2D eigenvalue weighted by Gasteiger charge is -2.07. The van der Waals surface area contributed by atoms with Gasteiger partial charge in [0, 0.05) is 22.8 Å². The van der Waals surface area contributed by atoms with E-state index in [2.05, 4.69) is 22.0 Å². The molecule has 0 saturated heterocycles. The van der Waals surface area contributed by atoms with Gasteiger partial charge >= 0.3 is 0 Å². The summed E-state index contributed by atoms with van der Waals surface area (Å²) in [5.41, 5.74) is 10.9. The number of hydrogen-bond acceptors (Lipinski definition) is 3. The summed E-state index contributed by atoms with van der Waals surface area (Å²) in [6.07, 6.45) is 1.99. The number of fused-ring (bicyclic) bond motifs is 1. The third-order valence-corrected chi connectivity index (χ3v) is 4.01. The first-order valence-corrected chi connectivity index (χ1v) is 7.45. The molecule has 21 heavy (non-hydrogen) atoms. The summed E-state index contributed by atoms with van der Waals surface area (Å²) >= 11 is 3.49. The highest BCUT2D eigenvalue weighted by Crippen LogP contribution is 2.29. The third kappa shape index (κ3) is 2.43. The SMILES string of the molecule is COc1ccc(-c2nc3ccc(Br)cn3c2CN)cc1C. The van der Waals surface area contributed by atoms with Crippen molar-refractivity contribution in [3.63, 3.8) is 0 Å². The van der Waals surface area contributed by atoms with Crippen LogP contribution >= 0.6 is 15.9 Å². The van der Waals surface area contributed by atoms with Gasteiger partial charge in [-0.15, -0.1) is 0 Å². The maximum atomic E-state index is 5.94. The van der Waals surface area contributed by atoms with Gasteiger partial charge in [0.1, 0.15) is 11.4 Å². The minimum Gasteiger partial charge on any atom is -0.496 e. The Hall–Kier alpha value is -1.85. The van der Waals surface area contributed by atoms with Crippen LogP contribution in [0.25, 0.3) is 16.9 Å². The number of methoxy groups -OCH3 is 1. The zero-order chi connectivity index (χ0) is 15.0. The summed E-state index contributed by atoms with van der Waals surface area (Å²) in [4.78, 5) is 4.71. The highest BCUT2D eigenvalue weighted by atomic mass is 79.9. The number of ether oxygens (including phenoxy) is 1. The van der Waals surface area contributed by atoms with Crippen molar-refractivity contribution in [3.8, 4) is 17.0 Å². The number of halogens is 1. The number of pyridine rings is 1. The monoisotopic (exact) mass is 345 g/mol. The van der Waals surface area contributed by atoms with Crippen LogP contribution in [0.5, 0.6) is 5.75 Å². The molecule has 2 heterocycles. The first-order chi connectivity index (χ1) is 10.1. The van der Waals surface area contributed by atoms with Crippen molar-refractivity contribution in [2.45, 2.75) is 13.5 Å². The van der Waals surface area contributed by atoms with Crippen LogP contribution in [0.3, 0.4) is 0 Å². The van der Waals surface area contributed by atoms with E-state index in [9.17, 15) is 0 Å². The number of rotatable bonds is 3. The van der Waals surface area contributed by atoms with Gasteiger partial charge in [0.2, 0.25) is 0 Å². The molecule has 4 nitrogen and oxygen atoms in total. The van der Waals surface area contributed by atoms with Crippen molar-refractivity contribution < 1.29 is 4.74 Å². The second kappa shape index (κ2) is 5.50. The summed E-state index contributed by atoms with van der Waals surface area (Å²) in [5, 5.41) is 0. The molecule has 0 aliphatic rings. The predicted molar refractivity (Wildman–Crippen MR) is 87.5 cm³/mol. The Labute approximate surface area is 131 Å². The van der Waals surface area contributed by atoms with E-state index >= 15 is 0 Å². The van der Waals surface area contributed by atoms with Crippen molar-refractivity contribution >= 4 is 21.6 Å². The maximum absolute atomic E-state index is 5.94. The number of hydrogen-bond donors (Lipinski definition) is 1. The molecule has 2 aromatic heterocycles. The number of benzene rings is 1. The van der Waals surface area contributed by atoms with Crippen LogP contribution in [0.4, 0.5) is 0 Å². The molecular weight excluding hydrogens is 330 g/mol. The van der Waals surface area contributed by atoms with Crippen LogP contribution in [0.1, 0.15) is 11.3 Å². The van der Waals surface area contributed by atoms with Gasteiger partial charge in [-0.2, -0.15) is 0 Å². The molecule has 108 valence electrons. The lowest BCUT2D eigenvalue weighted by atomic mass is 10.1. The summed E-state index contributed by atoms with van der Waals surface area (Å²) in [6.45, 7) is 2.45. The van der Waals surface area contributed by atoms with Gasteiger partial charge in [-0.25, -0.2) is 4.98 Å². The molecule has 5 heteroatoms. The lowest BCUT2D eigenvalue weighted by molar-refractivity contribution is 0.412. The molecule has 0 aliphatic carbocycles. The van der Waals surface area contributed by atoms with Crippen molar-refractivity contribution in [3.05, 3.63) is 52.3 Å².